The minimum atomic E-state index is 0.121. The Morgan fingerprint density at radius 1 is 0.606 bits per heavy atom. The van der Waals surface area contributed by atoms with Gasteiger partial charge in [0, 0.05) is 24.2 Å². The molecule has 4 heteroatoms. The quantitative estimate of drug-likeness (QED) is 0.409. The maximum atomic E-state index is 12.2. The van der Waals surface area contributed by atoms with Crippen LogP contribution in [-0.4, -0.2) is 11.8 Å². The third-order valence-corrected chi connectivity index (χ3v) is 7.39. The predicted molar refractivity (Wildman–Crippen MR) is 135 cm³/mol. The number of nitrogens with one attached hydrogen (secondary N) is 2. The SMILES string of the molecule is O=C(CCC1CCCC1)Nc1ccc(Cc2ccc(NC(=O)CCC3CCCC3)cc2)cc1. The topological polar surface area (TPSA) is 58.2 Å². The monoisotopic (exact) mass is 446 g/mol. The summed E-state index contributed by atoms with van der Waals surface area (Å²) in [7, 11) is 0. The van der Waals surface area contributed by atoms with Gasteiger partial charge in [0.25, 0.3) is 0 Å². The number of hydrogen-bond acceptors (Lipinski definition) is 2. The normalized spacial score (nSPS) is 16.7. The highest BCUT2D eigenvalue weighted by Gasteiger charge is 2.17. The molecule has 2 fully saturated rings. The maximum absolute atomic E-state index is 12.2. The van der Waals surface area contributed by atoms with Gasteiger partial charge in [-0.3, -0.25) is 9.59 Å². The van der Waals surface area contributed by atoms with E-state index < -0.39 is 0 Å². The summed E-state index contributed by atoms with van der Waals surface area (Å²) in [6, 6.07) is 16.3. The van der Waals surface area contributed by atoms with Gasteiger partial charge in [-0.25, -0.2) is 0 Å². The van der Waals surface area contributed by atoms with Gasteiger partial charge in [0.1, 0.15) is 0 Å². The number of anilines is 2. The lowest BCUT2D eigenvalue weighted by Crippen LogP contribution is -2.12. The Balaban J connectivity index is 1.19. The van der Waals surface area contributed by atoms with Crippen molar-refractivity contribution in [1.82, 2.24) is 0 Å². The standard InChI is InChI=1S/C29H38N2O2/c32-28(19-13-22-5-1-2-6-22)30-26-15-9-24(10-16-26)21-25-11-17-27(18-12-25)31-29(33)20-14-23-7-3-4-8-23/h9-12,15-18,22-23H,1-8,13-14,19-21H2,(H,30,32)(H,31,33). The zero-order valence-corrected chi connectivity index (χ0v) is 19.8. The lowest BCUT2D eigenvalue weighted by atomic mass is 10.0. The van der Waals surface area contributed by atoms with Crippen LogP contribution < -0.4 is 10.6 Å². The van der Waals surface area contributed by atoms with E-state index in [1.807, 2.05) is 24.3 Å². The van der Waals surface area contributed by atoms with Gasteiger partial charge in [-0.15, -0.1) is 0 Å². The van der Waals surface area contributed by atoms with E-state index >= 15 is 0 Å². The second-order valence-electron chi connectivity index (χ2n) is 10.0. The molecule has 2 amide bonds. The zero-order valence-electron chi connectivity index (χ0n) is 19.8. The number of carbonyl (C=O) groups is 2. The number of hydrogen-bond donors (Lipinski definition) is 2. The molecule has 0 aromatic heterocycles. The molecule has 2 saturated carbocycles. The summed E-state index contributed by atoms with van der Waals surface area (Å²) in [6.07, 6.45) is 14.5. The molecule has 2 aromatic carbocycles. The first-order valence-corrected chi connectivity index (χ1v) is 12.9. The predicted octanol–water partition coefficient (Wildman–Crippen LogP) is 7.10. The van der Waals surface area contributed by atoms with Crippen molar-refractivity contribution in [3.8, 4) is 0 Å². The summed E-state index contributed by atoms with van der Waals surface area (Å²) in [6.45, 7) is 0. The van der Waals surface area contributed by atoms with Gasteiger partial charge in [0.2, 0.25) is 11.8 Å². The Morgan fingerprint density at radius 2 is 0.970 bits per heavy atom. The zero-order chi connectivity index (χ0) is 22.9. The van der Waals surface area contributed by atoms with Crippen LogP contribution in [0.2, 0.25) is 0 Å². The van der Waals surface area contributed by atoms with E-state index in [9.17, 15) is 9.59 Å². The smallest absolute Gasteiger partial charge is 0.224 e. The number of rotatable bonds is 10. The van der Waals surface area contributed by atoms with Crippen molar-refractivity contribution >= 4 is 23.2 Å². The van der Waals surface area contributed by atoms with Crippen LogP contribution in [0.5, 0.6) is 0 Å². The third-order valence-electron chi connectivity index (χ3n) is 7.39. The molecule has 0 heterocycles. The molecule has 0 saturated heterocycles. The fraction of sp³-hybridized carbons (Fsp3) is 0.517. The van der Waals surface area contributed by atoms with E-state index in [-0.39, 0.29) is 11.8 Å². The first-order chi connectivity index (χ1) is 16.1. The Labute approximate surface area is 198 Å². The van der Waals surface area contributed by atoms with Crippen LogP contribution in [0.3, 0.4) is 0 Å². The van der Waals surface area contributed by atoms with Crippen molar-refractivity contribution in [3.63, 3.8) is 0 Å². The van der Waals surface area contributed by atoms with Crippen molar-refractivity contribution in [3.05, 3.63) is 59.7 Å². The van der Waals surface area contributed by atoms with E-state index in [4.69, 9.17) is 0 Å². The van der Waals surface area contributed by atoms with Gasteiger partial charge in [-0.1, -0.05) is 75.6 Å². The largest absolute Gasteiger partial charge is 0.326 e. The Bertz CT molecular complexity index is 817. The van der Waals surface area contributed by atoms with Crippen LogP contribution >= 0.6 is 0 Å². The molecule has 0 atom stereocenters. The van der Waals surface area contributed by atoms with Gasteiger partial charge >= 0.3 is 0 Å². The summed E-state index contributed by atoms with van der Waals surface area (Å²) < 4.78 is 0. The Morgan fingerprint density at radius 3 is 1.33 bits per heavy atom. The Hall–Kier alpha value is -2.62. The molecule has 0 radical (unpaired) electrons. The van der Waals surface area contributed by atoms with Gasteiger partial charge in [0.15, 0.2) is 0 Å². The van der Waals surface area contributed by atoms with E-state index in [1.54, 1.807) is 0 Å². The molecule has 0 bridgehead atoms. The molecule has 2 aliphatic carbocycles. The molecule has 2 N–H and O–H groups in total. The van der Waals surface area contributed by atoms with E-state index in [0.717, 1.165) is 42.5 Å². The molecule has 4 rings (SSSR count). The minimum absolute atomic E-state index is 0.121. The first-order valence-electron chi connectivity index (χ1n) is 12.9. The van der Waals surface area contributed by atoms with E-state index in [1.165, 1.54) is 62.5 Å². The van der Waals surface area contributed by atoms with Crippen LogP contribution in [0.15, 0.2) is 48.5 Å². The summed E-state index contributed by atoms with van der Waals surface area (Å²) >= 11 is 0. The highest BCUT2D eigenvalue weighted by molar-refractivity contribution is 5.91. The highest BCUT2D eigenvalue weighted by atomic mass is 16.2. The number of benzene rings is 2. The first kappa shape index (κ1) is 23.5. The van der Waals surface area contributed by atoms with Gasteiger partial charge in [0.05, 0.1) is 0 Å². The van der Waals surface area contributed by atoms with Crippen LogP contribution in [0, 0.1) is 11.8 Å². The molecule has 176 valence electrons. The molecular weight excluding hydrogens is 408 g/mol. The highest BCUT2D eigenvalue weighted by Crippen LogP contribution is 2.29. The Kier molecular flexibility index (Phi) is 8.57. The lowest BCUT2D eigenvalue weighted by Gasteiger charge is -2.10. The van der Waals surface area contributed by atoms with Crippen molar-refractivity contribution in [2.45, 2.75) is 83.5 Å². The molecule has 4 nitrogen and oxygen atoms in total. The van der Waals surface area contributed by atoms with Crippen molar-refractivity contribution in [1.29, 1.82) is 0 Å². The molecular formula is C29H38N2O2. The van der Waals surface area contributed by atoms with Gasteiger partial charge < -0.3 is 10.6 Å². The van der Waals surface area contributed by atoms with Crippen molar-refractivity contribution in [2.24, 2.45) is 11.8 Å². The van der Waals surface area contributed by atoms with Crippen molar-refractivity contribution < 1.29 is 9.59 Å². The van der Waals surface area contributed by atoms with Crippen molar-refractivity contribution in [2.75, 3.05) is 10.6 Å². The average molecular weight is 447 g/mol. The lowest BCUT2D eigenvalue weighted by molar-refractivity contribution is -0.117. The summed E-state index contributed by atoms with van der Waals surface area (Å²) in [5, 5.41) is 6.06. The summed E-state index contributed by atoms with van der Waals surface area (Å²) in [5.41, 5.74) is 4.14. The van der Waals surface area contributed by atoms with Crippen LogP contribution in [0.1, 0.15) is 88.2 Å². The third kappa shape index (κ3) is 7.73. The summed E-state index contributed by atoms with van der Waals surface area (Å²) in [5.74, 6) is 1.73. The second-order valence-corrected chi connectivity index (χ2v) is 10.0. The van der Waals surface area contributed by atoms with Crippen LogP contribution in [0.25, 0.3) is 0 Å². The van der Waals surface area contributed by atoms with E-state index in [2.05, 4.69) is 34.9 Å². The molecule has 2 aromatic rings. The van der Waals surface area contributed by atoms with Gasteiger partial charge in [-0.05, 0) is 66.5 Å². The number of carbonyl (C=O) groups excluding carboxylic acids is 2. The average Bonchev–Trinajstić information content (AvgIpc) is 3.53. The number of amides is 2. The van der Waals surface area contributed by atoms with Crippen LogP contribution in [0.4, 0.5) is 11.4 Å². The fourth-order valence-corrected chi connectivity index (χ4v) is 5.36. The van der Waals surface area contributed by atoms with Crippen LogP contribution in [-0.2, 0) is 16.0 Å². The molecule has 33 heavy (non-hydrogen) atoms. The van der Waals surface area contributed by atoms with Gasteiger partial charge in [-0.2, -0.15) is 0 Å². The molecule has 2 aliphatic rings. The van der Waals surface area contributed by atoms with E-state index in [0.29, 0.717) is 12.8 Å². The molecule has 0 aliphatic heterocycles. The molecule has 0 spiro atoms. The molecule has 0 unspecified atom stereocenters. The second kappa shape index (κ2) is 12.0. The summed E-state index contributed by atoms with van der Waals surface area (Å²) in [4.78, 5) is 24.4. The fourth-order valence-electron chi connectivity index (χ4n) is 5.36. The minimum Gasteiger partial charge on any atom is -0.326 e. The maximum Gasteiger partial charge on any atom is 0.224 e.